The molecule has 4 aromatic rings. The second kappa shape index (κ2) is 11.5. The van der Waals surface area contributed by atoms with Gasteiger partial charge in [-0.25, -0.2) is 0 Å². The number of hydrogen-bond donors (Lipinski definition) is 5. The van der Waals surface area contributed by atoms with E-state index >= 15 is 0 Å². The van der Waals surface area contributed by atoms with Gasteiger partial charge < -0.3 is 10.8 Å². The number of nitrogens with two attached hydrogens (primary N) is 1. The van der Waals surface area contributed by atoms with Gasteiger partial charge in [0.15, 0.2) is 11.4 Å². The Hall–Kier alpha value is -5.13. The van der Waals surface area contributed by atoms with Crippen LogP contribution in [-0.2, 0) is 30.4 Å². The van der Waals surface area contributed by atoms with Crippen LogP contribution in [0.1, 0.15) is 0 Å². The fraction of sp³-hybridized carbons (Fsp3) is 0. The van der Waals surface area contributed by atoms with Gasteiger partial charge in [0, 0.05) is 12.1 Å². The molecule has 0 aliphatic rings. The zero-order valence-corrected chi connectivity index (χ0v) is 23.8. The smallest absolute Gasteiger partial charge is 0.296 e. The van der Waals surface area contributed by atoms with E-state index in [2.05, 4.69) is 26.0 Å². The average molecular weight is 667 g/mol. The molecule has 0 amide bonds. The van der Waals surface area contributed by atoms with Crippen LogP contribution in [0.5, 0.6) is 5.75 Å². The van der Waals surface area contributed by atoms with Gasteiger partial charge in [-0.15, -0.1) is 15.7 Å². The molecular weight excluding hydrogens is 650 g/mol. The molecule has 22 heteroatoms. The molecule has 0 fully saturated rings. The van der Waals surface area contributed by atoms with Crippen LogP contribution in [0.25, 0.3) is 10.8 Å². The topological polar surface area (TPSA) is 316 Å². The maximum absolute atomic E-state index is 12.2. The van der Waals surface area contributed by atoms with Gasteiger partial charge in [0.2, 0.25) is 0 Å². The summed E-state index contributed by atoms with van der Waals surface area (Å²) in [6.45, 7) is 0. The molecule has 0 saturated carbocycles. The first-order chi connectivity index (χ1) is 20.4. The van der Waals surface area contributed by atoms with Crippen LogP contribution < -0.4 is 11.2 Å². The quantitative estimate of drug-likeness (QED) is 0.0552. The van der Waals surface area contributed by atoms with E-state index < -0.39 is 83.5 Å². The summed E-state index contributed by atoms with van der Waals surface area (Å²) < 4.78 is 99.6. The largest absolute Gasteiger partial charge is 0.505 e. The molecule has 0 aromatic heterocycles. The number of aromatic hydroxyl groups is 1. The average Bonchev–Trinajstić information content (AvgIpc) is 2.92. The van der Waals surface area contributed by atoms with Gasteiger partial charge in [0.1, 0.15) is 15.5 Å². The van der Waals surface area contributed by atoms with Crippen molar-refractivity contribution < 1.29 is 48.9 Å². The van der Waals surface area contributed by atoms with Crippen molar-refractivity contribution in [1.29, 1.82) is 0 Å². The molecule has 0 atom stereocenters. The number of nitrogen functional groups attached to an aromatic ring is 1. The Bertz CT molecular complexity index is 2200. The highest BCUT2D eigenvalue weighted by atomic mass is 32.2. The van der Waals surface area contributed by atoms with Crippen molar-refractivity contribution in [3.8, 4) is 5.75 Å². The van der Waals surface area contributed by atoms with Crippen molar-refractivity contribution in [1.82, 2.24) is 5.43 Å². The molecule has 0 aliphatic heterocycles. The predicted molar refractivity (Wildman–Crippen MR) is 149 cm³/mol. The Labute approximate surface area is 246 Å². The van der Waals surface area contributed by atoms with E-state index in [4.69, 9.17) is 10.3 Å². The van der Waals surface area contributed by atoms with Crippen LogP contribution in [0.4, 0.5) is 34.1 Å². The van der Waals surface area contributed by atoms with E-state index in [0.717, 1.165) is 36.4 Å². The van der Waals surface area contributed by atoms with E-state index in [1.165, 1.54) is 12.1 Å². The van der Waals surface area contributed by atoms with Gasteiger partial charge in [-0.2, -0.15) is 30.4 Å². The lowest BCUT2D eigenvalue weighted by molar-refractivity contribution is -0.384. The fourth-order valence-corrected chi connectivity index (χ4v) is 5.47. The number of non-ortho nitro benzene ring substituents is 1. The van der Waals surface area contributed by atoms with E-state index in [-0.39, 0.29) is 17.1 Å². The maximum Gasteiger partial charge on any atom is 0.296 e. The summed E-state index contributed by atoms with van der Waals surface area (Å²) in [5.74, 6) is -1.05. The highest BCUT2D eigenvalue weighted by Crippen LogP contribution is 2.48. The molecular formula is C22H16N7O12S3. The van der Waals surface area contributed by atoms with Crippen LogP contribution in [0.3, 0.4) is 0 Å². The number of nitro groups is 1. The molecule has 1 radical (unpaired) electrons. The van der Waals surface area contributed by atoms with Crippen molar-refractivity contribution in [2.24, 2.45) is 20.6 Å². The Morgan fingerprint density at radius 2 is 1.23 bits per heavy atom. The molecule has 0 heterocycles. The monoisotopic (exact) mass is 666 g/mol. The van der Waals surface area contributed by atoms with Crippen molar-refractivity contribution in [2.75, 3.05) is 5.73 Å². The molecule has 0 spiro atoms. The molecule has 4 rings (SSSR count). The minimum Gasteiger partial charge on any atom is -0.505 e. The van der Waals surface area contributed by atoms with Crippen molar-refractivity contribution in [3.05, 3.63) is 70.8 Å². The zero-order chi connectivity index (χ0) is 32.6. The lowest BCUT2D eigenvalue weighted by Gasteiger charge is -2.14. The van der Waals surface area contributed by atoms with Gasteiger partial charge in [-0.1, -0.05) is 0 Å². The number of benzene rings is 4. The molecule has 0 aliphatic carbocycles. The third-order valence-electron chi connectivity index (χ3n) is 5.64. The standard InChI is InChI=1S/C22H16N7O12S3/c23-19-18-11(9-16(43(36,37)38)20(19)26-24-12-1-5-14(6-2-12)29(31)32)10-17(44(39,40)41)21(22(18)30)27-28-25-13-3-7-15(8-4-13)42(33,34)35/h1-10,30H,23H2,(H,33,34,35)(H,36,37,38)(H,39,40,41)/b26-24+,28-27+. The number of anilines is 1. The number of hydrogen-bond acceptors (Lipinski definition) is 14. The second-order valence-electron chi connectivity index (χ2n) is 8.49. The minimum absolute atomic E-state index is 0.0111. The summed E-state index contributed by atoms with van der Waals surface area (Å²) >= 11 is 0. The van der Waals surface area contributed by atoms with Gasteiger partial charge in [-0.05, 0) is 59.1 Å². The molecule has 229 valence electrons. The van der Waals surface area contributed by atoms with Crippen LogP contribution in [0, 0.1) is 10.1 Å². The third kappa shape index (κ3) is 6.74. The summed E-state index contributed by atoms with van der Waals surface area (Å²) in [4.78, 5) is 7.66. The molecule has 0 bridgehead atoms. The second-order valence-corrected chi connectivity index (χ2v) is 12.7. The third-order valence-corrected chi connectivity index (χ3v) is 8.24. The van der Waals surface area contributed by atoms with E-state index in [1.54, 1.807) is 0 Å². The lowest BCUT2D eigenvalue weighted by Crippen LogP contribution is -2.04. The minimum atomic E-state index is -5.18. The Balaban J connectivity index is 1.87. The van der Waals surface area contributed by atoms with E-state index in [9.17, 15) is 49.6 Å². The Kier molecular flexibility index (Phi) is 8.32. The summed E-state index contributed by atoms with van der Waals surface area (Å²) in [5, 5.41) is 35.3. The first kappa shape index (κ1) is 31.8. The fourth-order valence-electron chi connectivity index (χ4n) is 3.66. The number of phenols is 1. The van der Waals surface area contributed by atoms with Gasteiger partial charge in [-0.3, -0.25) is 23.8 Å². The first-order valence-electron chi connectivity index (χ1n) is 11.3. The number of nitro benzene ring substituents is 1. The van der Waals surface area contributed by atoms with Crippen LogP contribution in [-0.4, -0.2) is 48.9 Å². The predicted octanol–water partition coefficient (Wildman–Crippen LogP) is 4.13. The highest BCUT2D eigenvalue weighted by molar-refractivity contribution is 7.86. The first-order valence-corrected chi connectivity index (χ1v) is 15.6. The maximum atomic E-state index is 12.2. The van der Waals surface area contributed by atoms with Gasteiger partial charge >= 0.3 is 0 Å². The Morgan fingerprint density at radius 1 is 0.705 bits per heavy atom. The highest BCUT2D eigenvalue weighted by Gasteiger charge is 2.28. The summed E-state index contributed by atoms with van der Waals surface area (Å²) in [6, 6.07) is 9.99. The molecule has 6 N–H and O–H groups in total. The van der Waals surface area contributed by atoms with Gasteiger partial charge in [0.05, 0.1) is 32.3 Å². The normalized spacial score (nSPS) is 12.7. The van der Waals surface area contributed by atoms with Crippen molar-refractivity contribution in [2.45, 2.75) is 14.7 Å². The summed E-state index contributed by atoms with van der Waals surface area (Å²) in [6.07, 6.45) is 0. The molecule has 19 nitrogen and oxygen atoms in total. The molecule has 0 saturated heterocycles. The number of azo groups is 1. The van der Waals surface area contributed by atoms with Crippen LogP contribution >= 0.6 is 0 Å². The van der Waals surface area contributed by atoms with Gasteiger partial charge in [0.25, 0.3) is 36.0 Å². The van der Waals surface area contributed by atoms with Crippen molar-refractivity contribution in [3.63, 3.8) is 0 Å². The van der Waals surface area contributed by atoms with Crippen LogP contribution in [0.2, 0.25) is 0 Å². The zero-order valence-electron chi connectivity index (χ0n) is 21.3. The molecule has 44 heavy (non-hydrogen) atoms. The van der Waals surface area contributed by atoms with Crippen molar-refractivity contribution >= 4 is 75.3 Å². The number of fused-ring (bicyclic) bond motifs is 1. The SMILES string of the molecule is Nc1c(/N=N/c2ccc([N+](=O)[O-])cc2)c(S(=O)(=O)O)cc2cc(S(=O)(=O)O)c(/N=N/[N]c3ccc(S(=O)(=O)O)cc3)c(O)c12. The molecule has 0 unspecified atom stereocenters. The summed E-state index contributed by atoms with van der Waals surface area (Å²) in [5.41, 5.74) is 7.07. The number of nitrogens with zero attached hydrogens (tertiary/aromatic N) is 6. The number of phenolic OH excluding ortho intramolecular Hbond substituents is 1. The lowest BCUT2D eigenvalue weighted by atomic mass is 10.1. The van der Waals surface area contributed by atoms with E-state index in [0.29, 0.717) is 12.1 Å². The van der Waals surface area contributed by atoms with E-state index in [1.807, 2.05) is 0 Å². The molecule has 4 aromatic carbocycles. The Morgan fingerprint density at radius 3 is 1.73 bits per heavy atom. The summed E-state index contributed by atoms with van der Waals surface area (Å²) in [7, 11) is -14.8. The number of rotatable bonds is 9. The van der Waals surface area contributed by atoms with Crippen LogP contribution in [0.15, 0.2) is 95.9 Å².